The van der Waals surface area contributed by atoms with Crippen molar-refractivity contribution < 1.29 is 8.42 Å². The first kappa shape index (κ1) is 20.9. The monoisotopic (exact) mass is 431 g/mol. The fourth-order valence-corrected chi connectivity index (χ4v) is 5.03. The molecular formula is C22H22ClNO2S2. The van der Waals surface area contributed by atoms with Gasteiger partial charge in [0.25, 0.3) is 0 Å². The average molecular weight is 432 g/mol. The van der Waals surface area contributed by atoms with Gasteiger partial charge in [-0.3, -0.25) is 0 Å². The lowest BCUT2D eigenvalue weighted by Crippen LogP contribution is -2.27. The fourth-order valence-electron chi connectivity index (χ4n) is 2.67. The van der Waals surface area contributed by atoms with E-state index in [2.05, 4.69) is 29.0 Å². The first-order chi connectivity index (χ1) is 13.3. The minimum Gasteiger partial charge on any atom is -0.210 e. The molecule has 1 N–H and O–H groups in total. The molecule has 0 fully saturated rings. The molecule has 146 valence electrons. The lowest BCUT2D eigenvalue weighted by atomic mass is 10.1. The molecule has 0 radical (unpaired) electrons. The van der Waals surface area contributed by atoms with Crippen LogP contribution >= 0.6 is 23.4 Å². The second-order valence-corrected chi connectivity index (χ2v) is 10.1. The maximum atomic E-state index is 12.7. The smallest absolute Gasteiger partial charge is 0.210 e. The number of nitrogens with one attached hydrogen (secondary N) is 1. The molecule has 0 heterocycles. The molecule has 1 atom stereocenters. The lowest BCUT2D eigenvalue weighted by molar-refractivity contribution is 0.581. The Morgan fingerprint density at radius 3 is 1.96 bits per heavy atom. The highest BCUT2D eigenvalue weighted by Crippen LogP contribution is 2.35. The second kappa shape index (κ2) is 9.14. The molecule has 0 bridgehead atoms. The minimum absolute atomic E-state index is 0.0832. The van der Waals surface area contributed by atoms with Crippen LogP contribution in [0.25, 0.3) is 0 Å². The summed E-state index contributed by atoms with van der Waals surface area (Å²) < 4.78 is 28.1. The van der Waals surface area contributed by atoms with E-state index >= 15 is 0 Å². The van der Waals surface area contributed by atoms with E-state index in [0.717, 1.165) is 16.0 Å². The predicted molar refractivity (Wildman–Crippen MR) is 118 cm³/mol. The second-order valence-electron chi connectivity index (χ2n) is 6.64. The Morgan fingerprint density at radius 1 is 0.857 bits per heavy atom. The van der Waals surface area contributed by atoms with Gasteiger partial charge in [0, 0.05) is 21.7 Å². The lowest BCUT2D eigenvalue weighted by Gasteiger charge is -2.18. The van der Waals surface area contributed by atoms with Gasteiger partial charge in [-0.1, -0.05) is 59.1 Å². The molecule has 6 heteroatoms. The maximum Gasteiger partial charge on any atom is 0.240 e. The number of hydrogen-bond donors (Lipinski definition) is 1. The molecule has 0 aliphatic rings. The third-order valence-electron chi connectivity index (χ3n) is 4.33. The third kappa shape index (κ3) is 5.61. The topological polar surface area (TPSA) is 46.2 Å². The molecule has 3 aromatic rings. The van der Waals surface area contributed by atoms with Gasteiger partial charge >= 0.3 is 0 Å². The zero-order valence-electron chi connectivity index (χ0n) is 15.7. The van der Waals surface area contributed by atoms with E-state index in [0.29, 0.717) is 5.02 Å². The molecule has 0 aliphatic carbocycles. The van der Waals surface area contributed by atoms with Crippen LogP contribution in [-0.2, 0) is 10.0 Å². The van der Waals surface area contributed by atoms with Gasteiger partial charge in [-0.05, 0) is 55.8 Å². The highest BCUT2D eigenvalue weighted by molar-refractivity contribution is 7.99. The number of halogens is 1. The first-order valence-electron chi connectivity index (χ1n) is 8.88. The number of aryl methyl sites for hydroxylation is 2. The van der Waals surface area contributed by atoms with E-state index in [1.54, 1.807) is 36.0 Å². The van der Waals surface area contributed by atoms with Crippen molar-refractivity contribution in [1.29, 1.82) is 0 Å². The van der Waals surface area contributed by atoms with Gasteiger partial charge in [0.1, 0.15) is 0 Å². The van der Waals surface area contributed by atoms with Crippen LogP contribution in [0.3, 0.4) is 0 Å². The Morgan fingerprint density at radius 2 is 1.39 bits per heavy atom. The van der Waals surface area contributed by atoms with Gasteiger partial charge < -0.3 is 0 Å². The summed E-state index contributed by atoms with van der Waals surface area (Å²) in [5.74, 6) is 0. The number of thioether (sulfide) groups is 1. The Labute approximate surface area is 176 Å². The van der Waals surface area contributed by atoms with Gasteiger partial charge in [0.15, 0.2) is 0 Å². The summed E-state index contributed by atoms with van der Waals surface area (Å²) in [4.78, 5) is 1.35. The van der Waals surface area contributed by atoms with E-state index in [-0.39, 0.29) is 16.7 Å². The van der Waals surface area contributed by atoms with Crippen LogP contribution in [0.1, 0.15) is 21.9 Å². The van der Waals surface area contributed by atoms with E-state index in [4.69, 9.17) is 11.6 Å². The molecule has 0 saturated carbocycles. The Kier molecular flexibility index (Phi) is 6.83. The largest absolute Gasteiger partial charge is 0.240 e. The summed E-state index contributed by atoms with van der Waals surface area (Å²) in [5.41, 5.74) is 3.22. The number of rotatable bonds is 7. The molecule has 0 saturated heterocycles. The molecule has 28 heavy (non-hydrogen) atoms. The molecule has 0 amide bonds. The molecule has 0 aliphatic heterocycles. The summed E-state index contributed by atoms with van der Waals surface area (Å²) >= 11 is 7.64. The number of hydrogen-bond acceptors (Lipinski definition) is 3. The zero-order valence-corrected chi connectivity index (χ0v) is 18.1. The summed E-state index contributed by atoms with van der Waals surface area (Å²) in [6.45, 7) is 4.25. The Bertz CT molecular complexity index is 1020. The third-order valence-corrected chi connectivity index (χ3v) is 7.29. The summed E-state index contributed by atoms with van der Waals surface area (Å²) in [6, 6.07) is 22.6. The fraction of sp³-hybridized carbons (Fsp3) is 0.182. The SMILES string of the molecule is Cc1ccc(SC(CNS(=O)(=O)c2ccc(C)cc2)c2ccc(Cl)cc2)cc1. The van der Waals surface area contributed by atoms with E-state index < -0.39 is 10.0 Å². The minimum atomic E-state index is -3.58. The predicted octanol–water partition coefficient (Wildman–Crippen LogP) is 5.77. The van der Waals surface area contributed by atoms with Crippen molar-refractivity contribution >= 4 is 33.4 Å². The molecule has 3 aromatic carbocycles. The molecule has 3 nitrogen and oxygen atoms in total. The van der Waals surface area contributed by atoms with E-state index in [1.807, 2.05) is 38.1 Å². The van der Waals surface area contributed by atoms with E-state index in [1.165, 1.54) is 5.56 Å². The van der Waals surface area contributed by atoms with Gasteiger partial charge in [-0.25, -0.2) is 13.1 Å². The Hall–Kier alpha value is -1.79. The van der Waals surface area contributed by atoms with Gasteiger partial charge in [-0.15, -0.1) is 11.8 Å². The highest BCUT2D eigenvalue weighted by atomic mass is 35.5. The van der Waals surface area contributed by atoms with Crippen LogP contribution in [0.5, 0.6) is 0 Å². The van der Waals surface area contributed by atoms with Crippen LogP contribution in [0.2, 0.25) is 5.02 Å². The van der Waals surface area contributed by atoms with Crippen molar-refractivity contribution in [1.82, 2.24) is 4.72 Å². The molecule has 3 rings (SSSR count). The summed E-state index contributed by atoms with van der Waals surface area (Å²) in [5, 5.41) is 0.572. The van der Waals surface area contributed by atoms with Crippen LogP contribution < -0.4 is 4.72 Å². The standard InChI is InChI=1S/C22H22ClNO2S2/c1-16-3-11-20(12-4-16)27-22(18-7-9-19(23)10-8-18)15-24-28(25,26)21-13-5-17(2)6-14-21/h3-14,22,24H,15H2,1-2H3. The van der Waals surface area contributed by atoms with Crippen molar-refractivity contribution in [2.45, 2.75) is 28.9 Å². The maximum absolute atomic E-state index is 12.7. The van der Waals surface area contributed by atoms with Crippen LogP contribution in [0.15, 0.2) is 82.6 Å². The molecule has 0 aromatic heterocycles. The Balaban J connectivity index is 1.81. The van der Waals surface area contributed by atoms with Crippen molar-refractivity contribution in [3.05, 3.63) is 94.5 Å². The number of sulfonamides is 1. The van der Waals surface area contributed by atoms with Crippen molar-refractivity contribution in [2.75, 3.05) is 6.54 Å². The van der Waals surface area contributed by atoms with Crippen LogP contribution in [0, 0.1) is 13.8 Å². The molecular weight excluding hydrogens is 410 g/mol. The molecule has 1 unspecified atom stereocenters. The normalized spacial score (nSPS) is 12.7. The average Bonchev–Trinajstić information content (AvgIpc) is 2.68. The van der Waals surface area contributed by atoms with E-state index in [9.17, 15) is 8.42 Å². The number of benzene rings is 3. The van der Waals surface area contributed by atoms with Gasteiger partial charge in [0.05, 0.1) is 4.90 Å². The van der Waals surface area contributed by atoms with Gasteiger partial charge in [-0.2, -0.15) is 0 Å². The summed E-state index contributed by atoms with van der Waals surface area (Å²) in [7, 11) is -3.58. The van der Waals surface area contributed by atoms with Gasteiger partial charge in [0.2, 0.25) is 10.0 Å². The van der Waals surface area contributed by atoms with Crippen molar-refractivity contribution in [3.63, 3.8) is 0 Å². The summed E-state index contributed by atoms with van der Waals surface area (Å²) in [6.07, 6.45) is 0. The van der Waals surface area contributed by atoms with Crippen molar-refractivity contribution in [2.24, 2.45) is 0 Å². The first-order valence-corrected chi connectivity index (χ1v) is 11.6. The quantitative estimate of drug-likeness (QED) is 0.483. The van der Waals surface area contributed by atoms with Crippen LogP contribution in [0.4, 0.5) is 0 Å². The zero-order chi connectivity index (χ0) is 20.1. The molecule has 0 spiro atoms. The van der Waals surface area contributed by atoms with Crippen LogP contribution in [-0.4, -0.2) is 15.0 Å². The highest BCUT2D eigenvalue weighted by Gasteiger charge is 2.19. The van der Waals surface area contributed by atoms with Crippen molar-refractivity contribution in [3.8, 4) is 0 Å².